The fourth-order valence-electron chi connectivity index (χ4n) is 4.18. The van der Waals surface area contributed by atoms with Crippen molar-refractivity contribution in [3.05, 3.63) is 47.5 Å². The van der Waals surface area contributed by atoms with E-state index in [9.17, 15) is 8.42 Å². The molecule has 0 saturated heterocycles. The van der Waals surface area contributed by atoms with Crippen molar-refractivity contribution in [2.75, 3.05) is 34.7 Å². The number of methoxy groups -OCH3 is 4. The average molecular weight is 577 g/mol. The van der Waals surface area contributed by atoms with Crippen molar-refractivity contribution in [2.24, 2.45) is 0 Å². The highest BCUT2D eigenvalue weighted by Crippen LogP contribution is 2.48. The molecule has 0 atom stereocenters. The summed E-state index contributed by atoms with van der Waals surface area (Å²) in [5.74, 6) is 2.32. The summed E-state index contributed by atoms with van der Waals surface area (Å²) in [7, 11) is 0.504. The zero-order valence-corrected chi connectivity index (χ0v) is 26.4. The van der Waals surface area contributed by atoms with Crippen LogP contribution in [-0.2, 0) is 31.9 Å². The Morgan fingerprint density at radius 2 is 1.38 bits per heavy atom. The highest BCUT2D eigenvalue weighted by Gasteiger charge is 2.37. The lowest BCUT2D eigenvalue weighted by Crippen LogP contribution is -2.40. The van der Waals surface area contributed by atoms with E-state index in [0.717, 1.165) is 33.7 Å². The van der Waals surface area contributed by atoms with Crippen LogP contribution in [0.1, 0.15) is 31.9 Å². The van der Waals surface area contributed by atoms with E-state index in [1.165, 1.54) is 0 Å². The number of hydrogen-bond acceptors (Lipinski definition) is 8. The molecule has 39 heavy (non-hydrogen) atoms. The van der Waals surface area contributed by atoms with Crippen LogP contribution in [0.4, 0.5) is 0 Å². The zero-order chi connectivity index (χ0) is 29.2. The molecule has 0 aliphatic heterocycles. The molecule has 0 aliphatic carbocycles. The molecule has 0 N–H and O–H groups in total. The Morgan fingerprint density at radius 3 is 1.92 bits per heavy atom. The predicted molar refractivity (Wildman–Crippen MR) is 157 cm³/mol. The fraction of sp³-hybridized carbons (Fsp3) is 0.448. The first kappa shape index (κ1) is 30.7. The lowest BCUT2D eigenvalue weighted by Gasteiger charge is -2.36. The number of ether oxygens (including phenoxy) is 4. The second-order valence-electron chi connectivity index (χ2n) is 10.9. The summed E-state index contributed by atoms with van der Waals surface area (Å²) in [4.78, 5) is 0. The predicted octanol–water partition coefficient (Wildman–Crippen LogP) is 6.54. The molecule has 3 aromatic rings. The molecule has 214 valence electrons. The first-order chi connectivity index (χ1) is 18.2. The first-order valence-corrected chi connectivity index (χ1v) is 17.3. The van der Waals surface area contributed by atoms with Gasteiger partial charge in [0.2, 0.25) is 0 Å². The molecule has 0 aliphatic rings. The highest BCUT2D eigenvalue weighted by atomic mass is 32.2. The molecular formula is C29H40O8SSi. The van der Waals surface area contributed by atoms with Crippen molar-refractivity contribution >= 4 is 29.2 Å². The topological polar surface area (TPSA) is 89.5 Å². The summed E-state index contributed by atoms with van der Waals surface area (Å²) < 4.78 is 58.9. The van der Waals surface area contributed by atoms with Crippen molar-refractivity contribution in [3.8, 4) is 34.1 Å². The Labute approximate surface area is 233 Å². The van der Waals surface area contributed by atoms with Crippen LogP contribution in [0.5, 0.6) is 23.0 Å². The van der Waals surface area contributed by atoms with Gasteiger partial charge in [0.15, 0.2) is 8.32 Å². The largest absolute Gasteiger partial charge is 0.497 e. The Balaban J connectivity index is 2.43. The summed E-state index contributed by atoms with van der Waals surface area (Å²) >= 11 is 0. The van der Waals surface area contributed by atoms with Gasteiger partial charge in [-0.25, -0.2) is 0 Å². The van der Waals surface area contributed by atoms with Gasteiger partial charge in [-0.15, -0.1) is 0 Å². The first-order valence-electron chi connectivity index (χ1n) is 12.6. The van der Waals surface area contributed by atoms with Gasteiger partial charge in [0.1, 0.15) is 23.0 Å². The molecule has 10 heteroatoms. The molecule has 8 nitrogen and oxygen atoms in total. The smallest absolute Gasteiger partial charge is 0.264 e. The maximum atomic E-state index is 12.0. The Kier molecular flexibility index (Phi) is 9.26. The second kappa shape index (κ2) is 11.8. The third kappa shape index (κ3) is 6.68. The molecule has 3 rings (SSSR count). The summed E-state index contributed by atoms with van der Waals surface area (Å²) in [6.45, 7) is 11.1. The second-order valence-corrected chi connectivity index (χ2v) is 17.3. The third-order valence-corrected chi connectivity index (χ3v) is 12.3. The molecule has 0 bridgehead atoms. The lowest BCUT2D eigenvalue weighted by atomic mass is 9.89. The van der Waals surface area contributed by atoms with E-state index in [0.29, 0.717) is 35.2 Å². The lowest BCUT2D eigenvalue weighted by molar-refractivity contribution is 0.275. The van der Waals surface area contributed by atoms with Crippen LogP contribution in [0.2, 0.25) is 18.1 Å². The Morgan fingerprint density at radius 1 is 0.769 bits per heavy atom. The summed E-state index contributed by atoms with van der Waals surface area (Å²) in [5.41, 5.74) is 2.94. The van der Waals surface area contributed by atoms with Crippen molar-refractivity contribution < 1.29 is 36.0 Å². The molecule has 0 amide bonds. The molecule has 3 aromatic carbocycles. The van der Waals surface area contributed by atoms with E-state index >= 15 is 0 Å². The van der Waals surface area contributed by atoms with Crippen molar-refractivity contribution in [2.45, 2.75) is 52.1 Å². The van der Waals surface area contributed by atoms with E-state index in [1.807, 2.05) is 30.3 Å². The molecule has 0 unspecified atom stereocenters. The maximum Gasteiger partial charge on any atom is 0.264 e. The van der Waals surface area contributed by atoms with Crippen molar-refractivity contribution in [1.29, 1.82) is 0 Å². The van der Waals surface area contributed by atoms with Crippen LogP contribution in [-0.4, -0.2) is 51.4 Å². The number of rotatable bonds is 11. The highest BCUT2D eigenvalue weighted by molar-refractivity contribution is 7.85. The Bertz CT molecular complexity index is 1440. The normalized spacial score (nSPS) is 12.5. The molecule has 0 fully saturated rings. The summed E-state index contributed by atoms with van der Waals surface area (Å²) in [5, 5.41) is 1.54. The summed E-state index contributed by atoms with van der Waals surface area (Å²) in [6.07, 6.45) is 1.03. The standard InChI is InChI=1S/C29H40O8SSi/c1-29(2,3)39(9,10)37-18-19-14-21(32-4)16-25(35-7)27(19)26-20(17-36-38(8,30)31)15-24(34-6)28-22(26)12-11-13-23(28)33-5/h11-16H,17-18H2,1-10H3. The van der Waals surface area contributed by atoms with Gasteiger partial charge in [0.05, 0.1) is 53.3 Å². The van der Waals surface area contributed by atoms with E-state index in [4.69, 9.17) is 27.6 Å². The Hall–Kier alpha value is -2.79. The van der Waals surface area contributed by atoms with E-state index in [1.54, 1.807) is 34.5 Å². The van der Waals surface area contributed by atoms with Gasteiger partial charge in [-0.1, -0.05) is 32.9 Å². The van der Waals surface area contributed by atoms with Gasteiger partial charge >= 0.3 is 0 Å². The minimum absolute atomic E-state index is 0.00474. The zero-order valence-electron chi connectivity index (χ0n) is 24.6. The number of fused-ring (bicyclic) bond motifs is 1. The number of hydrogen-bond donors (Lipinski definition) is 0. The fourth-order valence-corrected chi connectivity index (χ4v) is 5.47. The molecule has 0 aromatic heterocycles. The minimum atomic E-state index is -3.73. The van der Waals surface area contributed by atoms with Crippen LogP contribution >= 0.6 is 0 Å². The van der Waals surface area contributed by atoms with E-state index < -0.39 is 18.4 Å². The van der Waals surface area contributed by atoms with E-state index in [-0.39, 0.29) is 11.6 Å². The molecule has 0 spiro atoms. The minimum Gasteiger partial charge on any atom is -0.497 e. The molecule has 0 saturated carbocycles. The van der Waals surface area contributed by atoms with Gasteiger partial charge in [0, 0.05) is 11.6 Å². The van der Waals surface area contributed by atoms with Gasteiger partial charge < -0.3 is 23.4 Å². The molecule has 0 heterocycles. The van der Waals surface area contributed by atoms with Crippen LogP contribution in [0.15, 0.2) is 36.4 Å². The van der Waals surface area contributed by atoms with Gasteiger partial charge in [-0.3, -0.25) is 4.18 Å². The maximum absolute atomic E-state index is 12.0. The quantitative estimate of drug-likeness (QED) is 0.188. The van der Waals surface area contributed by atoms with Crippen molar-refractivity contribution in [3.63, 3.8) is 0 Å². The average Bonchev–Trinajstić information content (AvgIpc) is 2.88. The molecule has 0 radical (unpaired) electrons. The van der Waals surface area contributed by atoms with Gasteiger partial charge in [-0.05, 0) is 58.4 Å². The van der Waals surface area contributed by atoms with Crippen LogP contribution in [0, 0.1) is 0 Å². The number of benzene rings is 3. The molecular weight excluding hydrogens is 536 g/mol. The third-order valence-electron chi connectivity index (χ3n) is 7.29. The monoisotopic (exact) mass is 576 g/mol. The van der Waals surface area contributed by atoms with Crippen LogP contribution < -0.4 is 18.9 Å². The van der Waals surface area contributed by atoms with Gasteiger partial charge in [0.25, 0.3) is 10.1 Å². The van der Waals surface area contributed by atoms with Crippen LogP contribution in [0.25, 0.3) is 21.9 Å². The van der Waals surface area contributed by atoms with Crippen molar-refractivity contribution in [1.82, 2.24) is 0 Å². The summed E-state index contributed by atoms with van der Waals surface area (Å²) in [6, 6.07) is 11.2. The van der Waals surface area contributed by atoms with E-state index in [2.05, 4.69) is 33.9 Å². The van der Waals surface area contributed by atoms with Crippen LogP contribution in [0.3, 0.4) is 0 Å². The SMILES string of the molecule is COc1cc(CO[Si](C)(C)C(C)(C)C)c(-c2c(COS(C)(=O)=O)cc(OC)c3c(OC)cccc23)c(OC)c1. The van der Waals surface area contributed by atoms with Gasteiger partial charge in [-0.2, -0.15) is 8.42 Å².